The molecule has 2 N–H and O–H groups in total. The lowest BCUT2D eigenvalue weighted by Gasteiger charge is -1.86. The third-order valence-electron chi connectivity index (χ3n) is 3.93. The second-order valence-corrected chi connectivity index (χ2v) is 6.46. The molecule has 0 amide bonds. The molecular formula is C14H6N8S2. The van der Waals surface area contributed by atoms with Crippen molar-refractivity contribution in [2.45, 2.75) is 0 Å². The maximum absolute atomic E-state index is 4.61. The zero-order valence-corrected chi connectivity index (χ0v) is 13.4. The van der Waals surface area contributed by atoms with Crippen molar-refractivity contribution < 1.29 is 0 Å². The highest BCUT2D eigenvalue weighted by Gasteiger charge is 2.17. The van der Waals surface area contributed by atoms with Crippen LogP contribution in [0.2, 0.25) is 0 Å². The lowest BCUT2D eigenvalue weighted by atomic mass is 10.3. The summed E-state index contributed by atoms with van der Waals surface area (Å²) in [4.78, 5) is 18.3. The van der Waals surface area contributed by atoms with Crippen LogP contribution in [0.25, 0.3) is 55.8 Å². The van der Waals surface area contributed by atoms with E-state index < -0.39 is 0 Å². The maximum Gasteiger partial charge on any atom is 0.199 e. The first-order valence-corrected chi connectivity index (χ1v) is 8.63. The van der Waals surface area contributed by atoms with Crippen molar-refractivity contribution in [1.29, 1.82) is 0 Å². The number of nitrogens with one attached hydrogen (secondary N) is 2. The van der Waals surface area contributed by atoms with E-state index in [0.29, 0.717) is 11.6 Å². The summed E-state index contributed by atoms with van der Waals surface area (Å²) in [7, 11) is 0. The maximum atomic E-state index is 4.61. The molecule has 0 saturated heterocycles. The number of benzene rings is 2. The number of aromatic amines is 2. The van der Waals surface area contributed by atoms with E-state index in [0.717, 1.165) is 44.1 Å². The van der Waals surface area contributed by atoms with Gasteiger partial charge in [0, 0.05) is 23.5 Å². The van der Waals surface area contributed by atoms with E-state index in [1.54, 1.807) is 0 Å². The lowest BCUT2D eigenvalue weighted by molar-refractivity contribution is 1.22. The van der Waals surface area contributed by atoms with E-state index in [1.807, 2.05) is 24.3 Å². The van der Waals surface area contributed by atoms with Gasteiger partial charge in [-0.3, -0.25) is 8.75 Å². The first kappa shape index (κ1) is 12.4. The molecule has 10 heteroatoms. The molecule has 4 heterocycles. The Hall–Kier alpha value is -2.98. The van der Waals surface area contributed by atoms with Crippen LogP contribution in [0.1, 0.15) is 0 Å². The van der Waals surface area contributed by atoms with Gasteiger partial charge in [-0.2, -0.15) is 8.75 Å². The fourth-order valence-corrected chi connectivity index (χ4v) is 3.98. The predicted molar refractivity (Wildman–Crippen MR) is 93.1 cm³/mol. The quantitative estimate of drug-likeness (QED) is 0.471. The zero-order chi connectivity index (χ0) is 15.7. The van der Waals surface area contributed by atoms with Crippen LogP contribution in [-0.4, -0.2) is 37.4 Å². The molecule has 0 aliphatic carbocycles. The summed E-state index contributed by atoms with van der Waals surface area (Å²) in [6, 6.07) is 7.76. The molecule has 8 nitrogen and oxygen atoms in total. The van der Waals surface area contributed by atoms with E-state index in [1.165, 1.54) is 23.5 Å². The minimum Gasteiger partial charge on any atom is -0.293 e. The lowest BCUT2D eigenvalue weighted by Crippen LogP contribution is -1.82. The Balaban J connectivity index is 1.64. The van der Waals surface area contributed by atoms with Crippen molar-refractivity contribution in [3.8, 4) is 11.6 Å². The molecule has 24 heavy (non-hydrogen) atoms. The fourth-order valence-electron chi connectivity index (χ4n) is 2.81. The second kappa shape index (κ2) is 4.30. The Bertz CT molecular complexity index is 1260. The Labute approximate surface area is 141 Å². The van der Waals surface area contributed by atoms with E-state index in [2.05, 4.69) is 37.4 Å². The van der Waals surface area contributed by atoms with Crippen molar-refractivity contribution in [1.82, 2.24) is 37.4 Å². The first-order valence-electron chi connectivity index (χ1n) is 7.08. The number of imidazole rings is 2. The molecule has 0 aliphatic heterocycles. The van der Waals surface area contributed by atoms with Crippen molar-refractivity contribution in [3.63, 3.8) is 0 Å². The third-order valence-corrected chi connectivity index (χ3v) is 5.10. The van der Waals surface area contributed by atoms with Crippen molar-refractivity contribution in [2.24, 2.45) is 0 Å². The van der Waals surface area contributed by atoms with E-state index in [-0.39, 0.29) is 0 Å². The number of hydrogen-bond acceptors (Lipinski definition) is 8. The topological polar surface area (TPSA) is 109 Å². The number of aromatic nitrogens is 8. The summed E-state index contributed by atoms with van der Waals surface area (Å²) in [6.45, 7) is 0. The Morgan fingerprint density at radius 2 is 1.08 bits per heavy atom. The molecule has 6 aromatic rings. The minimum absolute atomic E-state index is 0.508. The van der Waals surface area contributed by atoms with Crippen LogP contribution in [-0.2, 0) is 0 Å². The fraction of sp³-hybridized carbons (Fsp3) is 0. The van der Waals surface area contributed by atoms with Gasteiger partial charge in [0.1, 0.15) is 22.1 Å². The largest absolute Gasteiger partial charge is 0.293 e. The van der Waals surface area contributed by atoms with E-state index in [4.69, 9.17) is 0 Å². The monoisotopic (exact) mass is 350 g/mol. The summed E-state index contributed by atoms with van der Waals surface area (Å²) < 4.78 is 15.0. The van der Waals surface area contributed by atoms with Crippen LogP contribution in [0, 0.1) is 0 Å². The van der Waals surface area contributed by atoms with Gasteiger partial charge in [-0.15, -0.1) is 0 Å². The van der Waals surface area contributed by atoms with Gasteiger partial charge in [0.15, 0.2) is 11.6 Å². The molecule has 0 atom stereocenters. The van der Waals surface area contributed by atoms with Crippen LogP contribution in [0.4, 0.5) is 0 Å². The molecule has 2 aromatic carbocycles. The first-order chi connectivity index (χ1) is 11.9. The Morgan fingerprint density at radius 3 is 1.58 bits per heavy atom. The molecule has 4 aromatic heterocycles. The SMILES string of the molecule is c1cc2[nH]snc2c2nc(-c3nc4ccc5[nH]snc5c4n3)nc12. The second-order valence-electron chi connectivity index (χ2n) is 5.32. The summed E-state index contributed by atoms with van der Waals surface area (Å²) in [5.74, 6) is 1.02. The molecule has 114 valence electrons. The molecule has 0 spiro atoms. The minimum atomic E-state index is 0.508. The van der Waals surface area contributed by atoms with Crippen molar-refractivity contribution in [2.75, 3.05) is 0 Å². The molecule has 0 unspecified atom stereocenters. The average Bonchev–Trinajstić information content (AvgIpc) is 3.36. The molecular weight excluding hydrogens is 344 g/mol. The van der Waals surface area contributed by atoms with Gasteiger partial charge in [0.2, 0.25) is 0 Å². The number of nitrogens with zero attached hydrogens (tertiary/aromatic N) is 6. The Kier molecular flexibility index (Phi) is 2.23. The molecule has 0 radical (unpaired) electrons. The van der Waals surface area contributed by atoms with Crippen LogP contribution < -0.4 is 0 Å². The molecule has 6 rings (SSSR count). The Morgan fingerprint density at radius 1 is 0.583 bits per heavy atom. The van der Waals surface area contributed by atoms with E-state index >= 15 is 0 Å². The van der Waals surface area contributed by atoms with Gasteiger partial charge in [-0.25, -0.2) is 19.9 Å². The highest BCUT2D eigenvalue weighted by molar-refractivity contribution is 7.00. The van der Waals surface area contributed by atoms with Gasteiger partial charge in [-0.05, 0) is 24.3 Å². The molecule has 0 fully saturated rings. The van der Waals surface area contributed by atoms with Crippen molar-refractivity contribution >= 4 is 67.6 Å². The van der Waals surface area contributed by atoms with E-state index in [9.17, 15) is 0 Å². The number of H-pyrrole nitrogens is 2. The van der Waals surface area contributed by atoms with Crippen LogP contribution in [0.5, 0.6) is 0 Å². The van der Waals surface area contributed by atoms with Gasteiger partial charge >= 0.3 is 0 Å². The highest BCUT2D eigenvalue weighted by Crippen LogP contribution is 2.28. The van der Waals surface area contributed by atoms with Gasteiger partial charge in [0.25, 0.3) is 0 Å². The van der Waals surface area contributed by atoms with Crippen LogP contribution in [0.15, 0.2) is 24.3 Å². The highest BCUT2D eigenvalue weighted by atomic mass is 32.1. The van der Waals surface area contributed by atoms with Gasteiger partial charge in [0.05, 0.1) is 22.1 Å². The van der Waals surface area contributed by atoms with Crippen molar-refractivity contribution in [3.05, 3.63) is 24.3 Å². The number of fused-ring (bicyclic) bond motifs is 6. The normalized spacial score (nSPS) is 12.2. The average molecular weight is 350 g/mol. The molecule has 0 bridgehead atoms. The molecule has 0 saturated carbocycles. The summed E-state index contributed by atoms with van der Waals surface area (Å²) >= 11 is 2.59. The summed E-state index contributed by atoms with van der Waals surface area (Å²) in [6.07, 6.45) is 0. The number of hydrogen-bond donors (Lipinski definition) is 2. The van der Waals surface area contributed by atoms with Gasteiger partial charge < -0.3 is 0 Å². The summed E-state index contributed by atoms with van der Waals surface area (Å²) in [5.41, 5.74) is 6.66. The standard InChI is InChI=1S/C14H6N8S2/c1-3-7-11(21-23-19-7)9-5(1)15-13(17-9)14-16-6-2-4-8-12(10(6)18-14)22-24-20-8/h1-4,19-20H. The zero-order valence-electron chi connectivity index (χ0n) is 11.8. The van der Waals surface area contributed by atoms with Crippen LogP contribution in [0.3, 0.4) is 0 Å². The number of rotatable bonds is 1. The third kappa shape index (κ3) is 1.56. The molecule has 0 aliphatic rings. The smallest absolute Gasteiger partial charge is 0.199 e. The summed E-state index contributed by atoms with van der Waals surface area (Å²) in [5, 5.41) is 0. The van der Waals surface area contributed by atoms with Gasteiger partial charge in [-0.1, -0.05) is 0 Å². The van der Waals surface area contributed by atoms with Crippen LogP contribution >= 0.6 is 23.5 Å². The predicted octanol–water partition coefficient (Wildman–Crippen LogP) is 3.12.